The first kappa shape index (κ1) is 19.0. The molecule has 28 heavy (non-hydrogen) atoms. The van der Waals surface area contributed by atoms with Crippen LogP contribution in [-0.4, -0.2) is 48.6 Å². The van der Waals surface area contributed by atoms with E-state index in [4.69, 9.17) is 11.6 Å². The average Bonchev–Trinajstić information content (AvgIpc) is 2.69. The number of aromatic nitrogens is 1. The summed E-state index contributed by atoms with van der Waals surface area (Å²) in [7, 11) is 0. The van der Waals surface area contributed by atoms with Crippen LogP contribution in [0.4, 0.5) is 20.7 Å². The van der Waals surface area contributed by atoms with Crippen molar-refractivity contribution in [2.75, 3.05) is 42.5 Å². The lowest BCUT2D eigenvalue weighted by atomic mass is 9.78. The molecule has 1 fully saturated rings. The molecule has 1 aromatic carbocycles. The first-order chi connectivity index (χ1) is 13.3. The van der Waals surface area contributed by atoms with Gasteiger partial charge in [0.25, 0.3) is 0 Å². The summed E-state index contributed by atoms with van der Waals surface area (Å²) >= 11 is 6.22. The van der Waals surface area contributed by atoms with Crippen LogP contribution in [0.1, 0.15) is 25.8 Å². The van der Waals surface area contributed by atoms with E-state index in [1.54, 1.807) is 6.07 Å². The van der Waals surface area contributed by atoms with Crippen molar-refractivity contribution in [3.8, 4) is 0 Å². The maximum absolute atomic E-state index is 13.2. The molecule has 0 aliphatic carbocycles. The fourth-order valence-corrected chi connectivity index (χ4v) is 4.16. The fourth-order valence-electron chi connectivity index (χ4n) is 3.98. The lowest BCUT2D eigenvalue weighted by molar-refractivity contribution is 0.199. The molecule has 2 aliphatic heterocycles. The Morgan fingerprint density at radius 3 is 2.54 bits per heavy atom. The minimum absolute atomic E-state index is 0.00996. The van der Waals surface area contributed by atoms with Gasteiger partial charge in [-0.3, -0.25) is 4.90 Å². The number of carbonyl (C=O) groups excluding carboxylic acids is 1. The molecule has 0 saturated carbocycles. The summed E-state index contributed by atoms with van der Waals surface area (Å²) in [5.74, 6) is 0.401. The maximum atomic E-state index is 13.2. The Morgan fingerprint density at radius 2 is 1.86 bits per heavy atom. The summed E-state index contributed by atoms with van der Waals surface area (Å²) in [6, 6.07) is 8.91. The number of hydrogen-bond acceptors (Lipinski definition) is 3. The maximum Gasteiger partial charge on any atom is 0.324 e. The van der Waals surface area contributed by atoms with Gasteiger partial charge in [0.15, 0.2) is 0 Å². The van der Waals surface area contributed by atoms with E-state index in [0.717, 1.165) is 23.5 Å². The van der Waals surface area contributed by atoms with Crippen LogP contribution in [0.25, 0.3) is 0 Å². The van der Waals surface area contributed by atoms with E-state index in [1.165, 1.54) is 12.3 Å². The molecule has 0 bridgehead atoms. The van der Waals surface area contributed by atoms with Gasteiger partial charge in [0.05, 0.1) is 6.20 Å². The zero-order valence-corrected chi connectivity index (χ0v) is 16.9. The van der Waals surface area contributed by atoms with Gasteiger partial charge in [0.1, 0.15) is 11.6 Å². The molecule has 0 unspecified atom stereocenters. The van der Waals surface area contributed by atoms with Crippen LogP contribution in [0.3, 0.4) is 0 Å². The van der Waals surface area contributed by atoms with Gasteiger partial charge in [-0.2, -0.15) is 0 Å². The van der Waals surface area contributed by atoms with E-state index in [9.17, 15) is 9.18 Å². The minimum Gasteiger partial charge on any atom is -0.353 e. The van der Waals surface area contributed by atoms with Gasteiger partial charge in [-0.1, -0.05) is 25.4 Å². The van der Waals surface area contributed by atoms with Crippen LogP contribution >= 0.6 is 11.6 Å². The second-order valence-corrected chi connectivity index (χ2v) is 8.47. The SMILES string of the molecule is CC1(C)CCN(C(=O)N2CCN(c3ccc(F)cn3)CC2)c2ccc(Cl)cc21. The van der Waals surface area contributed by atoms with Crippen LogP contribution in [0.15, 0.2) is 36.5 Å². The van der Waals surface area contributed by atoms with Crippen LogP contribution in [0.5, 0.6) is 0 Å². The van der Waals surface area contributed by atoms with Gasteiger partial charge in [-0.25, -0.2) is 14.2 Å². The van der Waals surface area contributed by atoms with Crippen molar-refractivity contribution in [3.63, 3.8) is 0 Å². The first-order valence-electron chi connectivity index (χ1n) is 9.58. The Balaban J connectivity index is 1.48. The largest absolute Gasteiger partial charge is 0.353 e. The van der Waals surface area contributed by atoms with Crippen molar-refractivity contribution in [1.29, 1.82) is 0 Å². The minimum atomic E-state index is -0.343. The third-order valence-corrected chi connectivity index (χ3v) is 5.99. The predicted molar refractivity (Wildman–Crippen MR) is 110 cm³/mol. The number of pyridine rings is 1. The smallest absolute Gasteiger partial charge is 0.324 e. The Hall–Kier alpha value is -2.34. The van der Waals surface area contributed by atoms with Gasteiger partial charge >= 0.3 is 6.03 Å². The Morgan fingerprint density at radius 1 is 1.11 bits per heavy atom. The molecular formula is C21H24ClFN4O. The molecule has 0 atom stereocenters. The van der Waals surface area contributed by atoms with Gasteiger partial charge in [-0.05, 0) is 47.7 Å². The normalized spacial score (nSPS) is 18.8. The molecule has 2 aliphatic rings. The van der Waals surface area contributed by atoms with E-state index < -0.39 is 0 Å². The average molecular weight is 403 g/mol. The van der Waals surface area contributed by atoms with Crippen molar-refractivity contribution in [2.45, 2.75) is 25.7 Å². The molecule has 1 aromatic heterocycles. The lowest BCUT2D eigenvalue weighted by Gasteiger charge is -2.43. The van der Waals surface area contributed by atoms with E-state index in [1.807, 2.05) is 28.0 Å². The molecule has 148 valence electrons. The number of rotatable bonds is 1. The number of urea groups is 1. The van der Waals surface area contributed by atoms with Crippen molar-refractivity contribution in [2.24, 2.45) is 0 Å². The Kier molecular flexibility index (Phi) is 4.91. The van der Waals surface area contributed by atoms with Crippen LogP contribution in [0.2, 0.25) is 5.02 Å². The van der Waals surface area contributed by atoms with Gasteiger partial charge < -0.3 is 9.80 Å². The summed E-state index contributed by atoms with van der Waals surface area (Å²) in [5.41, 5.74) is 2.06. The molecule has 2 amide bonds. The van der Waals surface area contributed by atoms with E-state index in [2.05, 4.69) is 23.7 Å². The molecule has 2 aromatic rings. The molecule has 0 radical (unpaired) electrons. The monoisotopic (exact) mass is 402 g/mol. The molecule has 1 saturated heterocycles. The summed E-state index contributed by atoms with van der Waals surface area (Å²) in [5, 5.41) is 0.696. The highest BCUT2D eigenvalue weighted by Crippen LogP contribution is 2.41. The highest BCUT2D eigenvalue weighted by molar-refractivity contribution is 6.30. The number of carbonyl (C=O) groups is 1. The molecule has 4 rings (SSSR count). The van der Waals surface area contributed by atoms with Gasteiger partial charge in [0.2, 0.25) is 0 Å². The number of benzene rings is 1. The Labute approximate surface area is 169 Å². The van der Waals surface area contributed by atoms with Crippen LogP contribution < -0.4 is 9.80 Å². The number of piperazine rings is 1. The standard InChI is InChI=1S/C21H24ClFN4O/c1-21(2)7-8-27(18-5-3-15(22)13-17(18)21)20(28)26-11-9-25(10-12-26)19-6-4-16(23)14-24-19/h3-6,13-14H,7-12H2,1-2H3. The Bertz CT molecular complexity index is 878. The predicted octanol–water partition coefficient (Wildman–Crippen LogP) is 4.30. The number of nitrogens with zero attached hydrogens (tertiary/aromatic N) is 4. The highest BCUT2D eigenvalue weighted by Gasteiger charge is 2.36. The number of halogens is 2. The molecule has 5 nitrogen and oxygen atoms in total. The number of amides is 2. The summed E-state index contributed by atoms with van der Waals surface area (Å²) in [4.78, 5) is 23.2. The van der Waals surface area contributed by atoms with Gasteiger partial charge in [0, 0.05) is 43.4 Å². The molecule has 3 heterocycles. The van der Waals surface area contributed by atoms with Crippen molar-refractivity contribution >= 4 is 29.1 Å². The zero-order valence-electron chi connectivity index (χ0n) is 16.2. The van der Waals surface area contributed by atoms with Crippen molar-refractivity contribution in [3.05, 3.63) is 52.9 Å². The van der Waals surface area contributed by atoms with Gasteiger partial charge in [-0.15, -0.1) is 0 Å². The second-order valence-electron chi connectivity index (χ2n) is 8.04. The van der Waals surface area contributed by atoms with E-state index in [-0.39, 0.29) is 17.3 Å². The number of hydrogen-bond donors (Lipinski definition) is 0. The lowest BCUT2D eigenvalue weighted by Crippen LogP contribution is -2.54. The highest BCUT2D eigenvalue weighted by atomic mass is 35.5. The molecule has 0 N–H and O–H groups in total. The quantitative estimate of drug-likeness (QED) is 0.713. The van der Waals surface area contributed by atoms with Crippen LogP contribution in [0, 0.1) is 5.82 Å². The third-order valence-electron chi connectivity index (χ3n) is 5.76. The fraction of sp³-hybridized carbons (Fsp3) is 0.429. The van der Waals surface area contributed by atoms with Crippen LogP contribution in [-0.2, 0) is 5.41 Å². The summed E-state index contributed by atoms with van der Waals surface area (Å²) < 4.78 is 13.1. The third kappa shape index (κ3) is 3.53. The van der Waals surface area contributed by atoms with E-state index >= 15 is 0 Å². The molecule has 7 heteroatoms. The topological polar surface area (TPSA) is 39.7 Å². The first-order valence-corrected chi connectivity index (χ1v) is 9.96. The summed E-state index contributed by atoms with van der Waals surface area (Å²) in [6.07, 6.45) is 2.12. The van der Waals surface area contributed by atoms with E-state index in [0.29, 0.717) is 37.7 Å². The van der Waals surface area contributed by atoms with Crippen molar-refractivity contribution in [1.82, 2.24) is 9.88 Å². The zero-order chi connectivity index (χ0) is 19.9. The number of anilines is 2. The van der Waals surface area contributed by atoms with Crippen molar-refractivity contribution < 1.29 is 9.18 Å². The number of fused-ring (bicyclic) bond motifs is 1. The molecule has 0 spiro atoms. The summed E-state index contributed by atoms with van der Waals surface area (Å²) in [6.45, 7) is 7.66. The second kappa shape index (κ2) is 7.24. The molecular weight excluding hydrogens is 379 g/mol.